The van der Waals surface area contributed by atoms with Gasteiger partial charge in [-0.15, -0.1) is 0 Å². The highest BCUT2D eigenvalue weighted by molar-refractivity contribution is 5.93. The molecule has 0 aliphatic heterocycles. The lowest BCUT2D eigenvalue weighted by Crippen LogP contribution is -2.54. The second kappa shape index (κ2) is 14.6. The highest BCUT2D eigenvalue weighted by Gasteiger charge is 2.26. The SMILES string of the molecule is CC(C)C(N)C(=O)NC(CCC(N)=O)C(=O)NCC(=O)NC(CCCN=C(N)N)C(=O)O. The van der Waals surface area contributed by atoms with E-state index >= 15 is 0 Å². The lowest BCUT2D eigenvalue weighted by molar-refractivity contribution is -0.142. The first kappa shape index (κ1) is 28.6. The summed E-state index contributed by atoms with van der Waals surface area (Å²) < 4.78 is 0. The largest absolute Gasteiger partial charge is 0.480 e. The third-order valence-corrected chi connectivity index (χ3v) is 4.34. The van der Waals surface area contributed by atoms with Crippen LogP contribution < -0.4 is 38.9 Å². The van der Waals surface area contributed by atoms with Crippen LogP contribution in [0.15, 0.2) is 4.99 Å². The third-order valence-electron chi connectivity index (χ3n) is 4.34. The maximum absolute atomic E-state index is 12.4. The summed E-state index contributed by atoms with van der Waals surface area (Å²) in [4.78, 5) is 62.8. The fourth-order valence-electron chi connectivity index (χ4n) is 2.42. The number of aliphatic carboxylic acids is 1. The molecule has 32 heavy (non-hydrogen) atoms. The molecule has 0 rings (SSSR count). The Kier molecular flexibility index (Phi) is 13.0. The van der Waals surface area contributed by atoms with Gasteiger partial charge in [0.15, 0.2) is 5.96 Å². The highest BCUT2D eigenvalue weighted by atomic mass is 16.4. The molecule has 0 heterocycles. The van der Waals surface area contributed by atoms with Gasteiger partial charge in [-0.2, -0.15) is 0 Å². The summed E-state index contributed by atoms with van der Waals surface area (Å²) in [6, 6.07) is -3.23. The van der Waals surface area contributed by atoms with Gasteiger partial charge in [-0.1, -0.05) is 13.8 Å². The van der Waals surface area contributed by atoms with Gasteiger partial charge in [-0.3, -0.25) is 24.2 Å². The molecule has 3 atom stereocenters. The molecule has 0 aromatic heterocycles. The van der Waals surface area contributed by atoms with Gasteiger partial charge in [0.25, 0.3) is 0 Å². The first-order chi connectivity index (χ1) is 14.8. The summed E-state index contributed by atoms with van der Waals surface area (Å²) in [6.07, 6.45) is 0.0925. The zero-order valence-electron chi connectivity index (χ0n) is 18.3. The Morgan fingerprint density at radius 3 is 2.06 bits per heavy atom. The van der Waals surface area contributed by atoms with Crippen molar-refractivity contribution in [2.24, 2.45) is 33.8 Å². The Bertz CT molecular complexity index is 708. The van der Waals surface area contributed by atoms with Crippen molar-refractivity contribution in [1.82, 2.24) is 16.0 Å². The average Bonchev–Trinajstić information content (AvgIpc) is 2.69. The van der Waals surface area contributed by atoms with Crippen molar-refractivity contribution < 1.29 is 29.1 Å². The summed E-state index contributed by atoms with van der Waals surface area (Å²) in [5.74, 6) is -4.36. The zero-order valence-corrected chi connectivity index (χ0v) is 18.3. The predicted molar refractivity (Wildman–Crippen MR) is 116 cm³/mol. The average molecular weight is 459 g/mol. The second-order valence-electron chi connectivity index (χ2n) is 7.46. The number of primary amides is 1. The summed E-state index contributed by atoms with van der Waals surface area (Å²) in [6.45, 7) is 3.10. The monoisotopic (exact) mass is 458 g/mol. The molecule has 0 aliphatic rings. The van der Waals surface area contributed by atoms with Crippen molar-refractivity contribution in [3.63, 3.8) is 0 Å². The van der Waals surface area contributed by atoms with Crippen LogP contribution in [0.2, 0.25) is 0 Å². The molecule has 4 amide bonds. The number of guanidine groups is 1. The molecule has 0 radical (unpaired) electrons. The molecular weight excluding hydrogens is 424 g/mol. The van der Waals surface area contributed by atoms with Gasteiger partial charge < -0.3 is 44.0 Å². The number of nitrogens with one attached hydrogen (secondary N) is 3. The third kappa shape index (κ3) is 12.3. The number of carboxylic acid groups (broad SMARTS) is 1. The molecule has 0 aromatic carbocycles. The highest BCUT2D eigenvalue weighted by Crippen LogP contribution is 2.03. The van der Waals surface area contributed by atoms with E-state index in [0.29, 0.717) is 6.42 Å². The maximum atomic E-state index is 12.4. The van der Waals surface area contributed by atoms with E-state index in [1.807, 2.05) is 0 Å². The van der Waals surface area contributed by atoms with Crippen LogP contribution in [0.3, 0.4) is 0 Å². The Morgan fingerprint density at radius 1 is 0.938 bits per heavy atom. The predicted octanol–water partition coefficient (Wildman–Crippen LogP) is -3.54. The number of hydrogen-bond donors (Lipinski definition) is 8. The van der Waals surface area contributed by atoms with Gasteiger partial charge in [-0.25, -0.2) is 4.79 Å². The topological polar surface area (TPSA) is 258 Å². The van der Waals surface area contributed by atoms with Gasteiger partial charge >= 0.3 is 5.97 Å². The first-order valence-corrected chi connectivity index (χ1v) is 10.0. The molecule has 3 unspecified atom stereocenters. The molecule has 0 aromatic rings. The lowest BCUT2D eigenvalue weighted by Gasteiger charge is -2.22. The van der Waals surface area contributed by atoms with E-state index in [-0.39, 0.29) is 37.7 Å². The van der Waals surface area contributed by atoms with Crippen molar-refractivity contribution in [1.29, 1.82) is 0 Å². The number of hydrogen-bond acceptors (Lipinski definition) is 7. The number of carbonyl (C=O) groups excluding carboxylic acids is 4. The Morgan fingerprint density at radius 2 is 1.56 bits per heavy atom. The van der Waals surface area contributed by atoms with E-state index in [2.05, 4.69) is 20.9 Å². The van der Waals surface area contributed by atoms with E-state index in [4.69, 9.17) is 22.9 Å². The van der Waals surface area contributed by atoms with Crippen LogP contribution in [0.4, 0.5) is 0 Å². The van der Waals surface area contributed by atoms with Crippen molar-refractivity contribution in [3.8, 4) is 0 Å². The van der Waals surface area contributed by atoms with Crippen LogP contribution in [0, 0.1) is 5.92 Å². The minimum absolute atomic E-state index is 0.0657. The Labute approximate surface area is 185 Å². The van der Waals surface area contributed by atoms with E-state index in [1.165, 1.54) is 0 Å². The molecule has 0 fully saturated rings. The minimum Gasteiger partial charge on any atom is -0.480 e. The molecular formula is C18H34N8O6. The molecule has 182 valence electrons. The molecule has 0 aliphatic carbocycles. The molecule has 14 heteroatoms. The van der Waals surface area contributed by atoms with Crippen LogP contribution >= 0.6 is 0 Å². The van der Waals surface area contributed by atoms with E-state index < -0.39 is 54.3 Å². The molecule has 0 spiro atoms. The fourth-order valence-corrected chi connectivity index (χ4v) is 2.42. The van der Waals surface area contributed by atoms with E-state index in [9.17, 15) is 29.1 Å². The van der Waals surface area contributed by atoms with Gasteiger partial charge in [0, 0.05) is 13.0 Å². The molecule has 0 bridgehead atoms. The Hall–Kier alpha value is -3.42. The number of carbonyl (C=O) groups is 5. The smallest absolute Gasteiger partial charge is 0.326 e. The Balaban J connectivity index is 4.85. The van der Waals surface area contributed by atoms with Gasteiger partial charge in [0.1, 0.15) is 12.1 Å². The van der Waals surface area contributed by atoms with Crippen molar-refractivity contribution in [2.45, 2.75) is 57.7 Å². The standard InChI is InChI=1S/C18H34N8O6/c1-9(2)14(20)16(30)26-10(5-6-12(19)27)15(29)24-8-13(28)25-11(17(31)32)4-3-7-23-18(21)22/h9-11,14H,3-8,20H2,1-2H3,(H2,19,27)(H,24,29)(H,25,28)(H,26,30)(H,31,32)(H4,21,22,23). The van der Waals surface area contributed by atoms with Crippen LogP contribution in [0.5, 0.6) is 0 Å². The van der Waals surface area contributed by atoms with Gasteiger partial charge in [0.2, 0.25) is 23.6 Å². The molecule has 0 saturated heterocycles. The summed E-state index contributed by atoms with van der Waals surface area (Å²) in [5, 5.41) is 16.2. The first-order valence-electron chi connectivity index (χ1n) is 10.0. The summed E-state index contributed by atoms with van der Waals surface area (Å²) in [5.41, 5.74) is 21.2. The number of aliphatic imine (C=N–C) groups is 1. The van der Waals surface area contributed by atoms with Crippen LogP contribution in [-0.2, 0) is 24.0 Å². The lowest BCUT2D eigenvalue weighted by atomic mass is 10.0. The molecule has 14 nitrogen and oxygen atoms in total. The zero-order chi connectivity index (χ0) is 24.8. The van der Waals surface area contributed by atoms with Crippen molar-refractivity contribution >= 4 is 35.6 Å². The normalized spacial score (nSPS) is 13.4. The van der Waals surface area contributed by atoms with E-state index in [1.54, 1.807) is 13.8 Å². The van der Waals surface area contributed by atoms with Crippen LogP contribution in [-0.4, -0.2) is 71.9 Å². The van der Waals surface area contributed by atoms with E-state index in [0.717, 1.165) is 0 Å². The molecule has 12 N–H and O–H groups in total. The fraction of sp³-hybridized carbons (Fsp3) is 0.667. The number of carboxylic acids is 1. The van der Waals surface area contributed by atoms with Crippen molar-refractivity contribution in [3.05, 3.63) is 0 Å². The maximum Gasteiger partial charge on any atom is 0.326 e. The summed E-state index contributed by atoms with van der Waals surface area (Å²) >= 11 is 0. The van der Waals surface area contributed by atoms with Crippen LogP contribution in [0.25, 0.3) is 0 Å². The second-order valence-corrected chi connectivity index (χ2v) is 7.46. The van der Waals surface area contributed by atoms with Crippen LogP contribution in [0.1, 0.15) is 39.5 Å². The van der Waals surface area contributed by atoms with Gasteiger partial charge in [0.05, 0.1) is 12.6 Å². The summed E-state index contributed by atoms with van der Waals surface area (Å²) in [7, 11) is 0. The van der Waals surface area contributed by atoms with Crippen molar-refractivity contribution in [2.75, 3.05) is 13.1 Å². The van der Waals surface area contributed by atoms with Gasteiger partial charge in [-0.05, 0) is 25.2 Å². The number of nitrogens with zero attached hydrogens (tertiary/aromatic N) is 1. The number of rotatable bonds is 15. The minimum atomic E-state index is -1.26. The quantitative estimate of drug-likeness (QED) is 0.0685. The number of nitrogens with two attached hydrogens (primary N) is 4. The number of amides is 4. The molecule has 0 saturated carbocycles.